The van der Waals surface area contributed by atoms with Gasteiger partial charge in [-0.3, -0.25) is 4.79 Å². The first-order valence-electron chi connectivity index (χ1n) is 8.35. The van der Waals surface area contributed by atoms with Crippen molar-refractivity contribution in [1.29, 1.82) is 0 Å². The summed E-state index contributed by atoms with van der Waals surface area (Å²) in [6.07, 6.45) is 0. The van der Waals surface area contributed by atoms with E-state index in [0.717, 1.165) is 15.6 Å². The summed E-state index contributed by atoms with van der Waals surface area (Å²) in [5, 5.41) is 1.01. The smallest absolute Gasteiger partial charge is 0.265 e. The van der Waals surface area contributed by atoms with E-state index in [2.05, 4.69) is 37.9 Å². The van der Waals surface area contributed by atoms with Gasteiger partial charge >= 0.3 is 0 Å². The number of hydrogen-bond donors (Lipinski definition) is 1. The maximum Gasteiger partial charge on any atom is 0.265 e. The zero-order valence-electron chi connectivity index (χ0n) is 14.7. The maximum atomic E-state index is 13.0. The molecule has 1 fully saturated rings. The predicted octanol–water partition coefficient (Wildman–Crippen LogP) is 3.32. The predicted molar refractivity (Wildman–Crippen MR) is 98.6 cm³/mol. The van der Waals surface area contributed by atoms with E-state index in [9.17, 15) is 4.79 Å². The highest BCUT2D eigenvalue weighted by Crippen LogP contribution is 2.32. The first-order chi connectivity index (χ1) is 11.3. The molecular weight excluding hydrogens is 318 g/mol. The van der Waals surface area contributed by atoms with E-state index < -0.39 is 0 Å². The molecule has 0 radical (unpaired) electrons. The number of carbonyl (C=O) groups is 1. The molecule has 0 aliphatic carbocycles. The molecule has 0 bridgehead atoms. The van der Waals surface area contributed by atoms with Crippen molar-refractivity contribution >= 4 is 17.2 Å². The highest BCUT2D eigenvalue weighted by Gasteiger charge is 2.35. The lowest BCUT2D eigenvalue weighted by atomic mass is 9.95. The van der Waals surface area contributed by atoms with E-state index >= 15 is 0 Å². The van der Waals surface area contributed by atoms with Crippen molar-refractivity contribution in [1.82, 2.24) is 9.88 Å². The molecule has 1 aliphatic heterocycles. The van der Waals surface area contributed by atoms with Gasteiger partial charge in [0.15, 0.2) is 0 Å². The van der Waals surface area contributed by atoms with Gasteiger partial charge in [-0.2, -0.15) is 0 Å². The van der Waals surface area contributed by atoms with Gasteiger partial charge in [0.05, 0.1) is 10.7 Å². The van der Waals surface area contributed by atoms with E-state index in [1.54, 1.807) is 0 Å². The first-order valence-corrected chi connectivity index (χ1v) is 9.16. The van der Waals surface area contributed by atoms with Crippen LogP contribution in [-0.2, 0) is 5.41 Å². The van der Waals surface area contributed by atoms with Crippen molar-refractivity contribution in [2.75, 3.05) is 13.1 Å². The second-order valence-corrected chi connectivity index (χ2v) is 8.57. The van der Waals surface area contributed by atoms with Gasteiger partial charge < -0.3 is 10.6 Å². The molecular formula is C19H25N3OS. The van der Waals surface area contributed by atoms with Crippen LogP contribution in [0.15, 0.2) is 30.3 Å². The number of carbonyl (C=O) groups excluding carboxylic acids is 1. The molecule has 128 valence electrons. The average Bonchev–Trinajstić information content (AvgIpc) is 3.10. The minimum atomic E-state index is -0.0397. The number of thiazole rings is 1. The Labute approximate surface area is 147 Å². The lowest BCUT2D eigenvalue weighted by Crippen LogP contribution is -2.32. The monoisotopic (exact) mass is 343 g/mol. The lowest BCUT2D eigenvalue weighted by molar-refractivity contribution is 0.0793. The summed E-state index contributed by atoms with van der Waals surface area (Å²) in [7, 11) is 0. The van der Waals surface area contributed by atoms with Crippen LogP contribution in [0, 0.1) is 6.92 Å². The first kappa shape index (κ1) is 17.1. The minimum Gasteiger partial charge on any atom is -0.336 e. The highest BCUT2D eigenvalue weighted by molar-refractivity contribution is 7.14. The molecule has 2 aromatic rings. The molecule has 4 nitrogen and oxygen atoms in total. The standard InChI is InChI=1S/C19H25N3OS/c1-12-16(24-18(21-12)19(2,3)4)17(23)22-10-14(15(20)11-22)13-8-6-5-7-9-13/h5-9,14-15H,10-11,20H2,1-4H3/t14-,15+/m0/s1. The van der Waals surface area contributed by atoms with Gasteiger partial charge in [0, 0.05) is 30.5 Å². The Morgan fingerprint density at radius 2 is 1.92 bits per heavy atom. The summed E-state index contributed by atoms with van der Waals surface area (Å²) in [4.78, 5) is 20.2. The molecule has 3 rings (SSSR count). The Morgan fingerprint density at radius 3 is 2.50 bits per heavy atom. The van der Waals surface area contributed by atoms with E-state index in [1.165, 1.54) is 16.9 Å². The van der Waals surface area contributed by atoms with Crippen molar-refractivity contribution < 1.29 is 4.79 Å². The van der Waals surface area contributed by atoms with Gasteiger partial charge in [-0.25, -0.2) is 4.98 Å². The SMILES string of the molecule is Cc1nc(C(C)(C)C)sc1C(=O)N1C[C@@H](N)[C@H](c2ccccc2)C1. The molecule has 0 saturated carbocycles. The van der Waals surface area contributed by atoms with Crippen LogP contribution >= 0.6 is 11.3 Å². The van der Waals surface area contributed by atoms with E-state index in [4.69, 9.17) is 5.73 Å². The molecule has 1 amide bonds. The van der Waals surface area contributed by atoms with E-state index in [1.807, 2.05) is 30.0 Å². The van der Waals surface area contributed by atoms with E-state index in [0.29, 0.717) is 13.1 Å². The van der Waals surface area contributed by atoms with Gasteiger partial charge in [-0.1, -0.05) is 51.1 Å². The van der Waals surface area contributed by atoms with Crippen LogP contribution in [0.5, 0.6) is 0 Å². The molecule has 1 aromatic heterocycles. The van der Waals surface area contributed by atoms with Crippen molar-refractivity contribution in [2.24, 2.45) is 5.73 Å². The molecule has 1 aliphatic rings. The molecule has 5 heteroatoms. The molecule has 2 N–H and O–H groups in total. The van der Waals surface area contributed by atoms with Gasteiger partial charge in [-0.15, -0.1) is 11.3 Å². The highest BCUT2D eigenvalue weighted by atomic mass is 32.1. The van der Waals surface area contributed by atoms with Gasteiger partial charge in [0.25, 0.3) is 5.91 Å². The van der Waals surface area contributed by atoms with E-state index in [-0.39, 0.29) is 23.3 Å². The van der Waals surface area contributed by atoms with Crippen LogP contribution in [0.4, 0.5) is 0 Å². The van der Waals surface area contributed by atoms with Crippen LogP contribution in [-0.4, -0.2) is 34.9 Å². The van der Waals surface area contributed by atoms with Crippen molar-refractivity contribution in [3.05, 3.63) is 51.5 Å². The van der Waals surface area contributed by atoms with Crippen molar-refractivity contribution in [3.63, 3.8) is 0 Å². The number of rotatable bonds is 2. The number of hydrogen-bond acceptors (Lipinski definition) is 4. The maximum absolute atomic E-state index is 13.0. The van der Waals surface area contributed by atoms with Gasteiger partial charge in [-0.05, 0) is 12.5 Å². The third-order valence-corrected chi connectivity index (χ3v) is 6.08. The molecule has 1 saturated heterocycles. The fourth-order valence-corrected chi connectivity index (χ4v) is 4.20. The number of amides is 1. The Hall–Kier alpha value is -1.72. The number of nitrogens with zero attached hydrogens (tertiary/aromatic N) is 2. The Morgan fingerprint density at radius 1 is 1.25 bits per heavy atom. The number of benzene rings is 1. The molecule has 1 aromatic carbocycles. The second-order valence-electron chi connectivity index (χ2n) is 7.57. The number of nitrogens with two attached hydrogens (primary N) is 1. The minimum absolute atomic E-state index is 0.0216. The average molecular weight is 343 g/mol. The molecule has 0 unspecified atom stereocenters. The summed E-state index contributed by atoms with van der Waals surface area (Å²) in [5.74, 6) is 0.264. The normalized spacial score (nSPS) is 21.3. The Bertz CT molecular complexity index is 733. The molecule has 0 spiro atoms. The zero-order chi connectivity index (χ0) is 17.5. The Balaban J connectivity index is 1.81. The van der Waals surface area contributed by atoms with Crippen LogP contribution < -0.4 is 5.73 Å². The van der Waals surface area contributed by atoms with Crippen molar-refractivity contribution in [2.45, 2.75) is 45.1 Å². The van der Waals surface area contributed by atoms with Crippen molar-refractivity contribution in [3.8, 4) is 0 Å². The number of likely N-dealkylation sites (tertiary alicyclic amines) is 1. The third-order valence-electron chi connectivity index (χ3n) is 4.51. The summed E-state index contributed by atoms with van der Waals surface area (Å²) < 4.78 is 0. The zero-order valence-corrected chi connectivity index (χ0v) is 15.6. The summed E-state index contributed by atoms with van der Waals surface area (Å²) >= 11 is 1.52. The van der Waals surface area contributed by atoms with Crippen LogP contribution in [0.3, 0.4) is 0 Å². The number of aromatic nitrogens is 1. The fourth-order valence-electron chi connectivity index (χ4n) is 3.11. The van der Waals surface area contributed by atoms with Crippen LogP contribution in [0.25, 0.3) is 0 Å². The summed E-state index contributed by atoms with van der Waals surface area (Å²) in [6, 6.07) is 10.2. The van der Waals surface area contributed by atoms with Gasteiger partial charge in [0.2, 0.25) is 0 Å². The summed E-state index contributed by atoms with van der Waals surface area (Å²) in [6.45, 7) is 9.56. The molecule has 2 atom stereocenters. The quantitative estimate of drug-likeness (QED) is 0.910. The topological polar surface area (TPSA) is 59.2 Å². The molecule has 2 heterocycles. The third kappa shape index (κ3) is 3.23. The largest absolute Gasteiger partial charge is 0.336 e. The molecule has 24 heavy (non-hydrogen) atoms. The van der Waals surface area contributed by atoms with Crippen LogP contribution in [0.2, 0.25) is 0 Å². The second kappa shape index (κ2) is 6.30. The van der Waals surface area contributed by atoms with Gasteiger partial charge in [0.1, 0.15) is 4.88 Å². The number of aryl methyl sites for hydroxylation is 1. The fraction of sp³-hybridized carbons (Fsp3) is 0.474. The lowest BCUT2D eigenvalue weighted by Gasteiger charge is -2.16. The Kier molecular flexibility index (Phi) is 4.49. The van der Waals surface area contributed by atoms with Crippen LogP contribution in [0.1, 0.15) is 52.6 Å². The summed E-state index contributed by atoms with van der Waals surface area (Å²) in [5.41, 5.74) is 8.31.